The molecule has 1 atom stereocenters. The summed E-state index contributed by atoms with van der Waals surface area (Å²) >= 11 is 7.80. The van der Waals surface area contributed by atoms with E-state index in [0.717, 1.165) is 29.4 Å². The summed E-state index contributed by atoms with van der Waals surface area (Å²) in [5, 5.41) is 4.24. The Bertz CT molecular complexity index is 330. The van der Waals surface area contributed by atoms with Crippen molar-refractivity contribution < 1.29 is 0 Å². The molecule has 0 fully saturated rings. The summed E-state index contributed by atoms with van der Waals surface area (Å²) in [6, 6.07) is 6.45. The van der Waals surface area contributed by atoms with Crippen LogP contribution in [0, 0.1) is 0 Å². The van der Waals surface area contributed by atoms with Gasteiger partial charge >= 0.3 is 0 Å². The van der Waals surface area contributed by atoms with E-state index in [1.807, 2.05) is 23.9 Å². The van der Waals surface area contributed by atoms with Crippen molar-refractivity contribution in [2.75, 3.05) is 17.6 Å². The van der Waals surface area contributed by atoms with E-state index < -0.39 is 0 Å². The molecule has 1 aromatic rings. The second-order valence-corrected chi connectivity index (χ2v) is 4.87. The highest BCUT2D eigenvalue weighted by atomic mass is 35.5. The van der Waals surface area contributed by atoms with E-state index in [-0.39, 0.29) is 0 Å². The summed E-state index contributed by atoms with van der Waals surface area (Å²) in [6.45, 7) is 0.730. The number of rotatable bonds is 2. The van der Waals surface area contributed by atoms with Gasteiger partial charge in [-0.25, -0.2) is 0 Å². The Morgan fingerprint density at radius 1 is 1.57 bits per heavy atom. The van der Waals surface area contributed by atoms with Gasteiger partial charge in [0.2, 0.25) is 0 Å². The van der Waals surface area contributed by atoms with Gasteiger partial charge in [0.15, 0.2) is 0 Å². The van der Waals surface area contributed by atoms with Gasteiger partial charge in [-0.1, -0.05) is 11.6 Å². The first-order chi connectivity index (χ1) is 6.79. The van der Waals surface area contributed by atoms with E-state index in [0.29, 0.717) is 6.04 Å². The smallest absolute Gasteiger partial charge is 0.0495 e. The summed E-state index contributed by atoms with van der Waals surface area (Å²) in [7, 11) is 0. The van der Waals surface area contributed by atoms with Crippen LogP contribution in [0.2, 0.25) is 5.02 Å². The maximum absolute atomic E-state index is 5.93. The van der Waals surface area contributed by atoms with Crippen molar-refractivity contribution >= 4 is 29.1 Å². The molecule has 4 heteroatoms. The van der Waals surface area contributed by atoms with Crippen molar-refractivity contribution in [1.29, 1.82) is 0 Å². The molecule has 0 aliphatic carbocycles. The van der Waals surface area contributed by atoms with Crippen molar-refractivity contribution in [3.05, 3.63) is 23.2 Å². The second kappa shape index (κ2) is 4.43. The van der Waals surface area contributed by atoms with Gasteiger partial charge in [0.25, 0.3) is 0 Å². The SMILES string of the molecule is NCCC1CSc2ccc(Cl)cc2N1. The van der Waals surface area contributed by atoms with Crippen LogP contribution in [0.1, 0.15) is 6.42 Å². The lowest BCUT2D eigenvalue weighted by Crippen LogP contribution is -2.28. The third kappa shape index (κ3) is 2.16. The number of hydrogen-bond donors (Lipinski definition) is 2. The number of hydrogen-bond acceptors (Lipinski definition) is 3. The molecule has 0 radical (unpaired) electrons. The predicted molar refractivity (Wildman–Crippen MR) is 63.3 cm³/mol. The first kappa shape index (κ1) is 10.1. The Morgan fingerprint density at radius 2 is 2.43 bits per heavy atom. The summed E-state index contributed by atoms with van der Waals surface area (Å²) in [5.74, 6) is 1.09. The number of thioether (sulfide) groups is 1. The zero-order chi connectivity index (χ0) is 9.97. The van der Waals surface area contributed by atoms with Crippen LogP contribution < -0.4 is 11.1 Å². The van der Waals surface area contributed by atoms with Gasteiger partial charge in [0.05, 0.1) is 0 Å². The first-order valence-electron chi connectivity index (χ1n) is 4.68. The van der Waals surface area contributed by atoms with E-state index in [1.54, 1.807) is 0 Å². The minimum absolute atomic E-state index is 0.482. The minimum atomic E-state index is 0.482. The van der Waals surface area contributed by atoms with Gasteiger partial charge in [-0.15, -0.1) is 11.8 Å². The molecule has 0 saturated carbocycles. The second-order valence-electron chi connectivity index (χ2n) is 3.37. The van der Waals surface area contributed by atoms with Crippen LogP contribution >= 0.6 is 23.4 Å². The third-order valence-electron chi connectivity index (χ3n) is 2.26. The zero-order valence-corrected chi connectivity index (χ0v) is 9.37. The van der Waals surface area contributed by atoms with Gasteiger partial charge in [-0.05, 0) is 31.2 Å². The van der Waals surface area contributed by atoms with Crippen LogP contribution in [0.5, 0.6) is 0 Å². The molecule has 1 aromatic carbocycles. The average Bonchev–Trinajstić information content (AvgIpc) is 2.17. The van der Waals surface area contributed by atoms with Crippen molar-refractivity contribution in [1.82, 2.24) is 0 Å². The summed E-state index contributed by atoms with van der Waals surface area (Å²) in [4.78, 5) is 1.28. The third-order valence-corrected chi connectivity index (χ3v) is 3.73. The lowest BCUT2D eigenvalue weighted by molar-refractivity contribution is 0.718. The fourth-order valence-corrected chi connectivity index (χ4v) is 2.79. The molecule has 0 aromatic heterocycles. The molecule has 1 heterocycles. The molecule has 0 saturated heterocycles. The van der Waals surface area contributed by atoms with Crippen LogP contribution in [0.15, 0.2) is 23.1 Å². The van der Waals surface area contributed by atoms with Gasteiger partial charge < -0.3 is 11.1 Å². The van der Waals surface area contributed by atoms with Crippen LogP contribution in [0.4, 0.5) is 5.69 Å². The molecule has 0 bridgehead atoms. The Morgan fingerprint density at radius 3 is 3.21 bits per heavy atom. The molecular weight excluding hydrogens is 216 g/mol. The van der Waals surface area contributed by atoms with E-state index in [4.69, 9.17) is 17.3 Å². The Kier molecular flexibility index (Phi) is 3.21. The fourth-order valence-electron chi connectivity index (χ4n) is 1.55. The number of nitrogens with two attached hydrogens (primary N) is 1. The van der Waals surface area contributed by atoms with Crippen LogP contribution in [-0.2, 0) is 0 Å². The van der Waals surface area contributed by atoms with E-state index in [1.165, 1.54) is 4.90 Å². The quantitative estimate of drug-likeness (QED) is 0.817. The lowest BCUT2D eigenvalue weighted by Gasteiger charge is -2.26. The number of benzene rings is 1. The van der Waals surface area contributed by atoms with Crippen LogP contribution in [0.25, 0.3) is 0 Å². The van der Waals surface area contributed by atoms with Crippen molar-refractivity contribution in [3.63, 3.8) is 0 Å². The average molecular weight is 229 g/mol. The van der Waals surface area contributed by atoms with Crippen molar-refractivity contribution in [2.45, 2.75) is 17.4 Å². The maximum atomic E-state index is 5.93. The zero-order valence-electron chi connectivity index (χ0n) is 7.79. The van der Waals surface area contributed by atoms with E-state index >= 15 is 0 Å². The molecule has 2 rings (SSSR count). The molecule has 1 unspecified atom stereocenters. The highest BCUT2D eigenvalue weighted by molar-refractivity contribution is 7.99. The number of nitrogens with one attached hydrogen (secondary N) is 1. The fraction of sp³-hybridized carbons (Fsp3) is 0.400. The van der Waals surface area contributed by atoms with Crippen LogP contribution in [0.3, 0.4) is 0 Å². The molecular formula is C10H13ClN2S. The molecule has 3 N–H and O–H groups in total. The van der Waals surface area contributed by atoms with Gasteiger partial charge in [0.1, 0.15) is 0 Å². The largest absolute Gasteiger partial charge is 0.380 e. The van der Waals surface area contributed by atoms with Crippen molar-refractivity contribution in [3.8, 4) is 0 Å². The maximum Gasteiger partial charge on any atom is 0.0495 e. The Balaban J connectivity index is 2.16. The summed E-state index contributed by atoms with van der Waals surface area (Å²) in [6.07, 6.45) is 1.01. The first-order valence-corrected chi connectivity index (χ1v) is 6.05. The normalized spacial score (nSPS) is 20.0. The predicted octanol–water partition coefficient (Wildman–Crippen LogP) is 2.58. The summed E-state index contributed by atoms with van der Waals surface area (Å²) in [5.41, 5.74) is 6.68. The molecule has 2 nitrogen and oxygen atoms in total. The standard InChI is InChI=1S/C10H13ClN2S/c11-7-1-2-10-9(5-7)13-8(3-4-12)6-14-10/h1-2,5,8,13H,3-4,6,12H2. The highest BCUT2D eigenvalue weighted by Gasteiger charge is 2.17. The molecule has 1 aliphatic heterocycles. The van der Waals surface area contributed by atoms with Crippen LogP contribution in [-0.4, -0.2) is 18.3 Å². The van der Waals surface area contributed by atoms with Crippen molar-refractivity contribution in [2.24, 2.45) is 5.73 Å². The minimum Gasteiger partial charge on any atom is -0.380 e. The van der Waals surface area contributed by atoms with E-state index in [2.05, 4.69) is 11.4 Å². The Labute approximate surface area is 93.2 Å². The molecule has 1 aliphatic rings. The van der Waals surface area contributed by atoms with Gasteiger partial charge in [0, 0.05) is 27.4 Å². The topological polar surface area (TPSA) is 38.0 Å². The molecule has 0 spiro atoms. The van der Waals surface area contributed by atoms with Gasteiger partial charge in [-0.2, -0.15) is 0 Å². The monoisotopic (exact) mass is 228 g/mol. The number of halogens is 1. The number of anilines is 1. The van der Waals surface area contributed by atoms with Gasteiger partial charge in [-0.3, -0.25) is 0 Å². The molecule has 14 heavy (non-hydrogen) atoms. The highest BCUT2D eigenvalue weighted by Crippen LogP contribution is 2.35. The van der Waals surface area contributed by atoms with E-state index in [9.17, 15) is 0 Å². The lowest BCUT2D eigenvalue weighted by atomic mass is 10.2. The molecule has 76 valence electrons. The Hall–Kier alpha value is -0.380. The summed E-state index contributed by atoms with van der Waals surface area (Å²) < 4.78 is 0. The molecule has 0 amide bonds. The number of fused-ring (bicyclic) bond motifs is 1.